The Morgan fingerprint density at radius 2 is 2.05 bits per heavy atom. The van der Waals surface area contributed by atoms with Crippen molar-refractivity contribution >= 4 is 11.4 Å². The summed E-state index contributed by atoms with van der Waals surface area (Å²) in [6, 6.07) is 7.33. The number of rotatable bonds is 5. The zero-order chi connectivity index (χ0) is 14.1. The summed E-state index contributed by atoms with van der Waals surface area (Å²) in [5.74, 6) is 0.847. The quantitative estimate of drug-likeness (QED) is 0.811. The zero-order valence-corrected chi connectivity index (χ0v) is 12.4. The molecule has 4 heteroatoms. The van der Waals surface area contributed by atoms with E-state index in [0.29, 0.717) is 6.04 Å². The van der Waals surface area contributed by atoms with Crippen molar-refractivity contribution < 1.29 is 4.74 Å². The SMILES string of the molecule is CC(C)Oc1cc(N)cc(NC2CCN(C3CC3)C2)c1. The van der Waals surface area contributed by atoms with Gasteiger partial charge in [-0.05, 0) is 39.2 Å². The van der Waals surface area contributed by atoms with E-state index in [1.807, 2.05) is 26.0 Å². The van der Waals surface area contributed by atoms with Crippen LogP contribution in [0.3, 0.4) is 0 Å². The number of hydrogen-bond acceptors (Lipinski definition) is 4. The first-order valence-electron chi connectivity index (χ1n) is 7.68. The second kappa shape index (κ2) is 5.52. The number of nitrogen functional groups attached to an aromatic ring is 1. The number of nitrogens with one attached hydrogen (secondary N) is 1. The Balaban J connectivity index is 1.63. The highest BCUT2D eigenvalue weighted by Crippen LogP contribution is 2.31. The van der Waals surface area contributed by atoms with Crippen LogP contribution in [-0.2, 0) is 0 Å². The second-order valence-electron chi connectivity index (χ2n) is 6.31. The Morgan fingerprint density at radius 1 is 1.25 bits per heavy atom. The Hall–Kier alpha value is -1.42. The maximum Gasteiger partial charge on any atom is 0.123 e. The van der Waals surface area contributed by atoms with Crippen molar-refractivity contribution in [3.05, 3.63) is 18.2 Å². The van der Waals surface area contributed by atoms with E-state index in [-0.39, 0.29) is 6.10 Å². The zero-order valence-electron chi connectivity index (χ0n) is 12.4. The third-order valence-electron chi connectivity index (χ3n) is 3.95. The summed E-state index contributed by atoms with van der Waals surface area (Å²) in [4.78, 5) is 2.61. The molecule has 0 spiro atoms. The van der Waals surface area contributed by atoms with E-state index in [9.17, 15) is 0 Å². The molecule has 1 aliphatic carbocycles. The molecule has 3 N–H and O–H groups in total. The molecule has 2 fully saturated rings. The third-order valence-corrected chi connectivity index (χ3v) is 3.95. The number of anilines is 2. The van der Waals surface area contributed by atoms with E-state index in [0.717, 1.165) is 29.7 Å². The van der Waals surface area contributed by atoms with Crippen LogP contribution < -0.4 is 15.8 Å². The van der Waals surface area contributed by atoms with Gasteiger partial charge < -0.3 is 15.8 Å². The van der Waals surface area contributed by atoms with Gasteiger partial charge in [-0.25, -0.2) is 0 Å². The summed E-state index contributed by atoms with van der Waals surface area (Å²) >= 11 is 0. The maximum absolute atomic E-state index is 5.96. The lowest BCUT2D eigenvalue weighted by molar-refractivity contribution is 0.242. The fourth-order valence-corrected chi connectivity index (χ4v) is 2.96. The average molecular weight is 275 g/mol. The molecular formula is C16H25N3O. The fraction of sp³-hybridized carbons (Fsp3) is 0.625. The van der Waals surface area contributed by atoms with E-state index in [4.69, 9.17) is 10.5 Å². The van der Waals surface area contributed by atoms with Crippen molar-refractivity contribution in [2.75, 3.05) is 24.1 Å². The van der Waals surface area contributed by atoms with Gasteiger partial charge in [-0.3, -0.25) is 4.90 Å². The van der Waals surface area contributed by atoms with Gasteiger partial charge in [0.05, 0.1) is 6.10 Å². The summed E-state index contributed by atoms with van der Waals surface area (Å²) in [7, 11) is 0. The molecule has 1 aromatic rings. The van der Waals surface area contributed by atoms with Gasteiger partial charge in [0.25, 0.3) is 0 Å². The van der Waals surface area contributed by atoms with Gasteiger partial charge in [0.1, 0.15) is 5.75 Å². The van der Waals surface area contributed by atoms with Gasteiger partial charge >= 0.3 is 0 Å². The van der Waals surface area contributed by atoms with Crippen LogP contribution >= 0.6 is 0 Å². The van der Waals surface area contributed by atoms with Gasteiger partial charge in [0.2, 0.25) is 0 Å². The topological polar surface area (TPSA) is 50.5 Å². The molecule has 4 nitrogen and oxygen atoms in total. The molecule has 2 aliphatic rings. The molecule has 1 saturated carbocycles. The minimum absolute atomic E-state index is 0.168. The van der Waals surface area contributed by atoms with Crippen LogP contribution in [0.25, 0.3) is 0 Å². The van der Waals surface area contributed by atoms with E-state index in [1.54, 1.807) is 0 Å². The van der Waals surface area contributed by atoms with Crippen LogP contribution in [0.1, 0.15) is 33.1 Å². The van der Waals surface area contributed by atoms with E-state index < -0.39 is 0 Å². The van der Waals surface area contributed by atoms with Crippen LogP contribution in [0, 0.1) is 0 Å². The largest absolute Gasteiger partial charge is 0.491 e. The lowest BCUT2D eigenvalue weighted by Gasteiger charge is -2.18. The molecule has 0 amide bonds. The lowest BCUT2D eigenvalue weighted by atomic mass is 10.2. The Kier molecular flexibility index (Phi) is 3.74. The molecule has 3 rings (SSSR count). The smallest absolute Gasteiger partial charge is 0.123 e. The third kappa shape index (κ3) is 3.37. The van der Waals surface area contributed by atoms with E-state index in [1.165, 1.54) is 25.8 Å². The molecule has 1 aromatic carbocycles. The molecule has 1 heterocycles. The van der Waals surface area contributed by atoms with Crippen LogP contribution in [0.2, 0.25) is 0 Å². The Bertz CT molecular complexity index is 471. The number of nitrogens with two attached hydrogens (primary N) is 1. The van der Waals surface area contributed by atoms with E-state index >= 15 is 0 Å². The monoisotopic (exact) mass is 275 g/mol. The second-order valence-corrected chi connectivity index (χ2v) is 6.31. The predicted octanol–water partition coefficient (Wildman–Crippen LogP) is 2.70. The van der Waals surface area contributed by atoms with Gasteiger partial charge in [0.15, 0.2) is 0 Å². The molecule has 0 aromatic heterocycles. The highest BCUT2D eigenvalue weighted by molar-refractivity contribution is 5.59. The van der Waals surface area contributed by atoms with Crippen molar-refractivity contribution in [1.82, 2.24) is 4.90 Å². The fourth-order valence-electron chi connectivity index (χ4n) is 2.96. The maximum atomic E-state index is 5.96. The lowest BCUT2D eigenvalue weighted by Crippen LogP contribution is -2.27. The van der Waals surface area contributed by atoms with Crippen molar-refractivity contribution in [3.63, 3.8) is 0 Å². The average Bonchev–Trinajstić information content (AvgIpc) is 3.09. The number of likely N-dealkylation sites (tertiary alicyclic amines) is 1. The molecule has 1 aliphatic heterocycles. The Morgan fingerprint density at radius 3 is 2.75 bits per heavy atom. The van der Waals surface area contributed by atoms with Crippen molar-refractivity contribution in [3.8, 4) is 5.75 Å². The predicted molar refractivity (Wildman–Crippen MR) is 83.2 cm³/mol. The summed E-state index contributed by atoms with van der Waals surface area (Å²) in [6.07, 6.45) is 4.15. The molecular weight excluding hydrogens is 250 g/mol. The number of ether oxygens (including phenoxy) is 1. The van der Waals surface area contributed by atoms with Crippen LogP contribution in [0.15, 0.2) is 18.2 Å². The van der Waals surface area contributed by atoms with Crippen LogP contribution in [0.4, 0.5) is 11.4 Å². The standard InChI is InChI=1S/C16H25N3O/c1-11(2)20-16-8-12(17)7-14(9-16)18-13-5-6-19(10-13)15-3-4-15/h7-9,11,13,15,18H,3-6,10,17H2,1-2H3. The Labute approximate surface area is 121 Å². The highest BCUT2D eigenvalue weighted by Gasteiger charge is 2.34. The normalized spacial score (nSPS) is 23.2. The highest BCUT2D eigenvalue weighted by atomic mass is 16.5. The van der Waals surface area contributed by atoms with Gasteiger partial charge in [-0.2, -0.15) is 0 Å². The summed E-state index contributed by atoms with van der Waals surface area (Å²) in [5.41, 5.74) is 7.79. The first kappa shape index (κ1) is 13.6. The van der Waals surface area contributed by atoms with Gasteiger partial charge in [-0.15, -0.1) is 0 Å². The first-order valence-corrected chi connectivity index (χ1v) is 7.68. The van der Waals surface area contributed by atoms with Crippen LogP contribution in [0.5, 0.6) is 5.75 Å². The summed E-state index contributed by atoms with van der Waals surface area (Å²) in [5, 5.41) is 3.61. The van der Waals surface area contributed by atoms with Crippen molar-refractivity contribution in [2.24, 2.45) is 0 Å². The molecule has 1 unspecified atom stereocenters. The molecule has 1 atom stereocenters. The molecule has 0 bridgehead atoms. The minimum atomic E-state index is 0.168. The minimum Gasteiger partial charge on any atom is -0.491 e. The van der Waals surface area contributed by atoms with Crippen molar-refractivity contribution in [1.29, 1.82) is 0 Å². The van der Waals surface area contributed by atoms with Gasteiger partial charge in [0, 0.05) is 48.7 Å². The first-order chi connectivity index (χ1) is 9.60. The van der Waals surface area contributed by atoms with E-state index in [2.05, 4.69) is 16.3 Å². The number of nitrogens with zero attached hydrogens (tertiary/aromatic N) is 1. The van der Waals surface area contributed by atoms with Crippen LogP contribution in [-0.4, -0.2) is 36.2 Å². The molecule has 110 valence electrons. The molecule has 1 saturated heterocycles. The molecule has 0 radical (unpaired) electrons. The number of benzene rings is 1. The van der Waals surface area contributed by atoms with Gasteiger partial charge in [-0.1, -0.05) is 0 Å². The van der Waals surface area contributed by atoms with Crippen molar-refractivity contribution in [2.45, 2.75) is 51.3 Å². The summed E-state index contributed by atoms with van der Waals surface area (Å²) in [6.45, 7) is 6.43. The number of hydrogen-bond donors (Lipinski definition) is 2. The molecule has 20 heavy (non-hydrogen) atoms. The summed E-state index contributed by atoms with van der Waals surface area (Å²) < 4.78 is 5.74.